The molecule has 2 N–H and O–H groups in total. The van der Waals surface area contributed by atoms with Crippen molar-refractivity contribution in [3.8, 4) is 0 Å². The Morgan fingerprint density at radius 1 is 1.40 bits per heavy atom. The normalized spacial score (nSPS) is 15.9. The zero-order valence-corrected chi connectivity index (χ0v) is 6.70. The van der Waals surface area contributed by atoms with Crippen molar-refractivity contribution in [1.82, 2.24) is 0 Å². The summed E-state index contributed by atoms with van der Waals surface area (Å²) in [7, 11) is 0. The molecule has 0 radical (unpaired) electrons. The molecular formula is C7H15F2N. The third-order valence-electron chi connectivity index (χ3n) is 1.71. The topological polar surface area (TPSA) is 26.0 Å². The number of halogens is 2. The van der Waals surface area contributed by atoms with Crippen LogP contribution in [0.2, 0.25) is 0 Å². The highest BCUT2D eigenvalue weighted by molar-refractivity contribution is 4.75. The average Bonchev–Trinajstić information content (AvgIpc) is 1.60. The van der Waals surface area contributed by atoms with E-state index >= 15 is 0 Å². The van der Waals surface area contributed by atoms with Crippen LogP contribution in [0, 0.1) is 11.8 Å². The number of alkyl halides is 2. The molecule has 1 nitrogen and oxygen atoms in total. The summed E-state index contributed by atoms with van der Waals surface area (Å²) in [6, 6.07) is 0. The van der Waals surface area contributed by atoms with Gasteiger partial charge in [-0.05, 0) is 12.8 Å². The van der Waals surface area contributed by atoms with Gasteiger partial charge in [-0.25, -0.2) is 8.78 Å². The lowest BCUT2D eigenvalue weighted by molar-refractivity contribution is -0.0532. The quantitative estimate of drug-likeness (QED) is 0.654. The van der Waals surface area contributed by atoms with E-state index in [1.165, 1.54) is 0 Å². The lowest BCUT2D eigenvalue weighted by Crippen LogP contribution is -2.35. The zero-order valence-electron chi connectivity index (χ0n) is 6.70. The number of hydrogen-bond donors (Lipinski definition) is 1. The second-order valence-corrected chi connectivity index (χ2v) is 3.04. The predicted octanol–water partition coefficient (Wildman–Crippen LogP) is 1.87. The molecular weight excluding hydrogens is 136 g/mol. The second kappa shape index (κ2) is 3.28. The molecule has 0 aromatic carbocycles. The summed E-state index contributed by atoms with van der Waals surface area (Å²) in [4.78, 5) is 0. The first-order valence-corrected chi connectivity index (χ1v) is 3.47. The molecule has 1 atom stereocenters. The van der Waals surface area contributed by atoms with Crippen LogP contribution in [0.3, 0.4) is 0 Å². The van der Waals surface area contributed by atoms with Gasteiger partial charge in [0, 0.05) is 12.5 Å². The van der Waals surface area contributed by atoms with Gasteiger partial charge in [-0.1, -0.05) is 13.8 Å². The molecule has 0 aromatic rings. The Morgan fingerprint density at radius 3 is 1.80 bits per heavy atom. The summed E-state index contributed by atoms with van der Waals surface area (Å²) in [5, 5.41) is 0. The Kier molecular flexibility index (Phi) is 3.22. The molecule has 62 valence electrons. The van der Waals surface area contributed by atoms with Crippen LogP contribution in [0.25, 0.3) is 0 Å². The van der Waals surface area contributed by atoms with Crippen molar-refractivity contribution in [1.29, 1.82) is 0 Å². The first-order chi connectivity index (χ1) is 4.39. The molecule has 3 heteroatoms. The summed E-state index contributed by atoms with van der Waals surface area (Å²) in [6.07, 6.45) is 0. The molecule has 0 aliphatic rings. The zero-order chi connectivity index (χ0) is 8.36. The highest BCUT2D eigenvalue weighted by Gasteiger charge is 2.34. The fourth-order valence-electron chi connectivity index (χ4n) is 1.06. The maximum absolute atomic E-state index is 12.6. The molecule has 0 saturated carbocycles. The van der Waals surface area contributed by atoms with Crippen molar-refractivity contribution < 1.29 is 8.78 Å². The first-order valence-electron chi connectivity index (χ1n) is 3.47. The van der Waals surface area contributed by atoms with Gasteiger partial charge >= 0.3 is 0 Å². The first kappa shape index (κ1) is 9.82. The molecule has 0 aliphatic carbocycles. The average molecular weight is 151 g/mol. The van der Waals surface area contributed by atoms with E-state index in [9.17, 15) is 8.78 Å². The van der Waals surface area contributed by atoms with Crippen molar-refractivity contribution >= 4 is 0 Å². The minimum atomic E-state index is -2.64. The SMILES string of the molecule is CC(C)C(CN)C(C)(F)F. The minimum Gasteiger partial charge on any atom is -0.330 e. The van der Waals surface area contributed by atoms with Crippen LogP contribution in [-0.4, -0.2) is 12.5 Å². The van der Waals surface area contributed by atoms with E-state index in [4.69, 9.17) is 5.73 Å². The van der Waals surface area contributed by atoms with Gasteiger partial charge in [-0.3, -0.25) is 0 Å². The summed E-state index contributed by atoms with van der Waals surface area (Å²) in [5.41, 5.74) is 5.18. The van der Waals surface area contributed by atoms with Gasteiger partial charge in [-0.2, -0.15) is 0 Å². The number of hydrogen-bond acceptors (Lipinski definition) is 1. The van der Waals surface area contributed by atoms with Crippen LogP contribution < -0.4 is 5.73 Å². The molecule has 0 saturated heterocycles. The van der Waals surface area contributed by atoms with Gasteiger partial charge in [0.25, 0.3) is 0 Å². The van der Waals surface area contributed by atoms with Crippen LogP contribution in [0.4, 0.5) is 8.78 Å². The molecule has 0 aromatic heterocycles. The monoisotopic (exact) mass is 151 g/mol. The Bertz CT molecular complexity index is 96.3. The third kappa shape index (κ3) is 2.60. The molecule has 0 bridgehead atoms. The lowest BCUT2D eigenvalue weighted by Gasteiger charge is -2.25. The van der Waals surface area contributed by atoms with Crippen LogP contribution in [0.15, 0.2) is 0 Å². The molecule has 0 amide bonds. The van der Waals surface area contributed by atoms with Gasteiger partial charge in [-0.15, -0.1) is 0 Å². The van der Waals surface area contributed by atoms with Crippen molar-refractivity contribution in [3.63, 3.8) is 0 Å². The van der Waals surface area contributed by atoms with Crippen molar-refractivity contribution in [2.45, 2.75) is 26.7 Å². The van der Waals surface area contributed by atoms with Crippen molar-refractivity contribution in [2.75, 3.05) is 6.54 Å². The summed E-state index contributed by atoms with van der Waals surface area (Å²) in [6.45, 7) is 4.50. The standard InChI is InChI=1S/C7H15F2N/c1-5(2)6(4-10)7(3,8)9/h5-6H,4,10H2,1-3H3. The lowest BCUT2D eigenvalue weighted by atomic mass is 9.90. The molecule has 0 aliphatic heterocycles. The Labute approximate surface area is 60.6 Å². The van der Waals surface area contributed by atoms with Gasteiger partial charge in [0.2, 0.25) is 5.92 Å². The maximum atomic E-state index is 12.6. The fraction of sp³-hybridized carbons (Fsp3) is 1.00. The number of rotatable bonds is 3. The van der Waals surface area contributed by atoms with E-state index in [0.29, 0.717) is 0 Å². The largest absolute Gasteiger partial charge is 0.330 e. The molecule has 0 fully saturated rings. The van der Waals surface area contributed by atoms with Crippen LogP contribution in [0.1, 0.15) is 20.8 Å². The van der Waals surface area contributed by atoms with Crippen molar-refractivity contribution in [3.05, 3.63) is 0 Å². The highest BCUT2D eigenvalue weighted by Crippen LogP contribution is 2.28. The molecule has 1 unspecified atom stereocenters. The Morgan fingerprint density at radius 2 is 1.80 bits per heavy atom. The van der Waals surface area contributed by atoms with E-state index in [1.54, 1.807) is 13.8 Å². The van der Waals surface area contributed by atoms with E-state index < -0.39 is 11.8 Å². The molecule has 0 rings (SSSR count). The van der Waals surface area contributed by atoms with E-state index in [1.807, 2.05) is 0 Å². The van der Waals surface area contributed by atoms with Crippen molar-refractivity contribution in [2.24, 2.45) is 17.6 Å². The van der Waals surface area contributed by atoms with Crippen LogP contribution in [0.5, 0.6) is 0 Å². The van der Waals surface area contributed by atoms with E-state index in [2.05, 4.69) is 0 Å². The van der Waals surface area contributed by atoms with Gasteiger partial charge in [0.05, 0.1) is 0 Å². The van der Waals surface area contributed by atoms with Gasteiger partial charge in [0.1, 0.15) is 0 Å². The van der Waals surface area contributed by atoms with Crippen LogP contribution in [-0.2, 0) is 0 Å². The maximum Gasteiger partial charge on any atom is 0.249 e. The van der Waals surface area contributed by atoms with Gasteiger partial charge in [0.15, 0.2) is 0 Å². The van der Waals surface area contributed by atoms with E-state index in [0.717, 1.165) is 6.92 Å². The summed E-state index contributed by atoms with van der Waals surface area (Å²) >= 11 is 0. The summed E-state index contributed by atoms with van der Waals surface area (Å²) < 4.78 is 25.1. The molecule has 10 heavy (non-hydrogen) atoms. The van der Waals surface area contributed by atoms with E-state index in [-0.39, 0.29) is 12.5 Å². The smallest absolute Gasteiger partial charge is 0.249 e. The fourth-order valence-corrected chi connectivity index (χ4v) is 1.06. The number of nitrogens with two attached hydrogens (primary N) is 1. The third-order valence-corrected chi connectivity index (χ3v) is 1.71. The van der Waals surface area contributed by atoms with Crippen LogP contribution >= 0.6 is 0 Å². The minimum absolute atomic E-state index is 0.0509. The Balaban J connectivity index is 4.07. The second-order valence-electron chi connectivity index (χ2n) is 3.04. The molecule has 0 heterocycles. The highest BCUT2D eigenvalue weighted by atomic mass is 19.3. The summed E-state index contributed by atoms with van der Waals surface area (Å²) in [5.74, 6) is -3.37. The van der Waals surface area contributed by atoms with Gasteiger partial charge < -0.3 is 5.73 Å². The molecule has 0 spiro atoms. The Hall–Kier alpha value is -0.180. The predicted molar refractivity (Wildman–Crippen MR) is 38.0 cm³/mol.